The van der Waals surface area contributed by atoms with E-state index >= 15 is 0 Å². The molecule has 1 saturated heterocycles. The first kappa shape index (κ1) is 26.8. The number of halogens is 2. The molecule has 2 aliphatic rings. The van der Waals surface area contributed by atoms with E-state index in [1.54, 1.807) is 22.8 Å². The van der Waals surface area contributed by atoms with E-state index in [0.29, 0.717) is 24.2 Å². The molecular formula is C29H29ClFN5O3. The minimum atomic E-state index is -0.778. The number of nitrogens with zero attached hydrogens (tertiary/aromatic N) is 5. The van der Waals surface area contributed by atoms with Crippen LogP contribution in [0.25, 0.3) is 0 Å². The first-order valence-corrected chi connectivity index (χ1v) is 13.6. The van der Waals surface area contributed by atoms with Gasteiger partial charge in [-0.2, -0.15) is 10.2 Å². The van der Waals surface area contributed by atoms with E-state index in [9.17, 15) is 24.3 Å². The van der Waals surface area contributed by atoms with Gasteiger partial charge in [0.25, 0.3) is 11.5 Å². The van der Waals surface area contributed by atoms with Crippen molar-refractivity contribution in [2.45, 2.75) is 57.4 Å². The molecule has 1 N–H and O–H groups in total. The zero-order valence-electron chi connectivity index (χ0n) is 21.6. The summed E-state index contributed by atoms with van der Waals surface area (Å²) in [6.45, 7) is 2.45. The normalized spacial score (nSPS) is 17.7. The van der Waals surface area contributed by atoms with Crippen molar-refractivity contribution in [1.29, 1.82) is 5.26 Å². The molecule has 3 heterocycles. The highest BCUT2D eigenvalue weighted by molar-refractivity contribution is 6.30. The van der Waals surface area contributed by atoms with E-state index in [1.165, 1.54) is 17.2 Å². The molecule has 0 spiro atoms. The zero-order valence-corrected chi connectivity index (χ0v) is 22.4. The molecule has 39 heavy (non-hydrogen) atoms. The van der Waals surface area contributed by atoms with Gasteiger partial charge in [-0.1, -0.05) is 37.1 Å². The lowest BCUT2D eigenvalue weighted by Gasteiger charge is -2.27. The Morgan fingerprint density at radius 2 is 2.10 bits per heavy atom. The van der Waals surface area contributed by atoms with Crippen LogP contribution in [0.15, 0.2) is 41.3 Å². The van der Waals surface area contributed by atoms with Crippen molar-refractivity contribution >= 4 is 17.5 Å². The van der Waals surface area contributed by atoms with E-state index < -0.39 is 23.2 Å². The van der Waals surface area contributed by atoms with Gasteiger partial charge in [0.2, 0.25) is 5.88 Å². The number of aromatic hydroxyl groups is 1. The molecule has 1 unspecified atom stereocenters. The van der Waals surface area contributed by atoms with Gasteiger partial charge in [-0.05, 0) is 55.4 Å². The van der Waals surface area contributed by atoms with Crippen molar-refractivity contribution in [3.63, 3.8) is 0 Å². The van der Waals surface area contributed by atoms with Gasteiger partial charge >= 0.3 is 0 Å². The Morgan fingerprint density at radius 3 is 2.79 bits per heavy atom. The molecule has 2 atom stereocenters. The van der Waals surface area contributed by atoms with Crippen LogP contribution in [0.2, 0.25) is 5.02 Å². The number of hydrogen-bond acceptors (Lipinski definition) is 6. The molecule has 202 valence electrons. The number of aryl methyl sites for hydroxylation is 1. The van der Waals surface area contributed by atoms with E-state index in [0.717, 1.165) is 31.2 Å². The number of likely N-dealkylation sites (tertiary alicyclic amines) is 1. The van der Waals surface area contributed by atoms with Gasteiger partial charge in [-0.25, -0.2) is 4.39 Å². The Balaban J connectivity index is 1.54. The summed E-state index contributed by atoms with van der Waals surface area (Å²) >= 11 is 5.84. The second-order valence-electron chi connectivity index (χ2n) is 10.3. The Labute approximate surface area is 230 Å². The predicted octanol–water partition coefficient (Wildman–Crippen LogP) is 4.98. The molecular weight excluding hydrogens is 521 g/mol. The molecule has 2 aromatic heterocycles. The monoisotopic (exact) mass is 549 g/mol. The second-order valence-corrected chi connectivity index (χ2v) is 10.7. The maximum atomic E-state index is 14.5. The number of nitriles is 1. The Hall–Kier alpha value is -3.77. The van der Waals surface area contributed by atoms with E-state index in [2.05, 4.69) is 16.0 Å². The first-order valence-electron chi connectivity index (χ1n) is 13.3. The fraction of sp³-hybridized carbons (Fsp3) is 0.414. The van der Waals surface area contributed by atoms with Crippen molar-refractivity contribution in [2.24, 2.45) is 5.92 Å². The van der Waals surface area contributed by atoms with Crippen molar-refractivity contribution in [3.8, 4) is 11.9 Å². The van der Waals surface area contributed by atoms with Crippen LogP contribution < -0.4 is 5.56 Å². The average molecular weight is 550 g/mol. The number of amides is 1. The summed E-state index contributed by atoms with van der Waals surface area (Å²) in [5.41, 5.74) is 0.362. The maximum Gasteiger partial charge on any atom is 0.289 e. The Kier molecular flexibility index (Phi) is 7.67. The van der Waals surface area contributed by atoms with Crippen molar-refractivity contribution < 1.29 is 14.3 Å². The van der Waals surface area contributed by atoms with E-state index in [-0.39, 0.29) is 47.2 Å². The van der Waals surface area contributed by atoms with Gasteiger partial charge in [0.1, 0.15) is 11.6 Å². The van der Waals surface area contributed by atoms with Crippen LogP contribution in [0.4, 0.5) is 4.39 Å². The summed E-state index contributed by atoms with van der Waals surface area (Å²) in [6, 6.07) is 10.2. The molecule has 1 aliphatic heterocycles. The van der Waals surface area contributed by atoms with E-state index in [4.69, 9.17) is 11.6 Å². The van der Waals surface area contributed by atoms with Crippen LogP contribution in [0, 0.1) is 23.1 Å². The molecule has 1 saturated carbocycles. The number of pyridine rings is 1. The van der Waals surface area contributed by atoms with Gasteiger partial charge < -0.3 is 10.0 Å². The van der Waals surface area contributed by atoms with Gasteiger partial charge in [-0.3, -0.25) is 19.1 Å². The van der Waals surface area contributed by atoms with Crippen LogP contribution >= 0.6 is 11.6 Å². The summed E-state index contributed by atoms with van der Waals surface area (Å²) in [5.74, 6) is -1.36. The lowest BCUT2D eigenvalue weighted by atomic mass is 9.99. The average Bonchev–Trinajstić information content (AvgIpc) is 3.64. The molecule has 0 radical (unpaired) electrons. The van der Waals surface area contributed by atoms with Gasteiger partial charge in [0.05, 0.1) is 28.4 Å². The number of carbonyl (C=O) groups is 1. The fourth-order valence-corrected chi connectivity index (χ4v) is 5.59. The van der Waals surface area contributed by atoms with Crippen molar-refractivity contribution in [1.82, 2.24) is 19.4 Å². The summed E-state index contributed by atoms with van der Waals surface area (Å²) in [5, 5.41) is 21.2. The van der Waals surface area contributed by atoms with Crippen LogP contribution in [0.3, 0.4) is 0 Å². The second kappa shape index (κ2) is 11.1. The molecule has 0 bridgehead atoms. The van der Waals surface area contributed by atoms with Gasteiger partial charge in [0.15, 0.2) is 5.56 Å². The quantitative estimate of drug-likeness (QED) is 0.424. The summed E-state index contributed by atoms with van der Waals surface area (Å²) in [7, 11) is 0. The van der Waals surface area contributed by atoms with Gasteiger partial charge in [0, 0.05) is 31.6 Å². The number of rotatable bonds is 8. The number of benzene rings is 1. The zero-order chi connectivity index (χ0) is 27.7. The summed E-state index contributed by atoms with van der Waals surface area (Å²) in [4.78, 5) is 36.7. The number of unbranched alkanes of at least 4 members (excludes halogenated alkanes) is 1. The van der Waals surface area contributed by atoms with Crippen molar-refractivity contribution in [2.75, 3.05) is 13.1 Å². The Morgan fingerprint density at radius 1 is 1.31 bits per heavy atom. The van der Waals surface area contributed by atoms with Gasteiger partial charge in [-0.15, -0.1) is 0 Å². The number of hydrogen-bond donors (Lipinski definition) is 1. The maximum absolute atomic E-state index is 14.5. The molecule has 1 aliphatic carbocycles. The molecule has 10 heteroatoms. The van der Waals surface area contributed by atoms with Crippen molar-refractivity contribution in [3.05, 3.63) is 85.9 Å². The van der Waals surface area contributed by atoms with Crippen LogP contribution in [-0.2, 0) is 6.42 Å². The predicted molar refractivity (Wildman–Crippen MR) is 143 cm³/mol. The minimum absolute atomic E-state index is 0.150. The first-order chi connectivity index (χ1) is 18.8. The third kappa shape index (κ3) is 5.39. The lowest BCUT2D eigenvalue weighted by Crippen LogP contribution is -2.36. The van der Waals surface area contributed by atoms with Crippen LogP contribution in [-0.4, -0.2) is 43.5 Å². The Bertz CT molecular complexity index is 1510. The minimum Gasteiger partial charge on any atom is -0.494 e. The highest BCUT2D eigenvalue weighted by Gasteiger charge is 2.39. The lowest BCUT2D eigenvalue weighted by molar-refractivity contribution is 0.0782. The molecule has 8 nitrogen and oxygen atoms in total. The standard InChI is InChI=1S/C29H29ClFN5O3/c1-2-3-7-23-34-27(37)24(28(38)35-11-10-20(16-35)25-22(31)13-21(30)15-33-25)29(39)36(23)26(18-8-9-18)19-6-4-5-17(12-19)14-32/h4-6,12-13,15,18,20,26,39H,2-3,7-11,16H2,1H3/t20?,26-/m0/s1. The number of aromatic nitrogens is 3. The third-order valence-corrected chi connectivity index (χ3v) is 7.75. The summed E-state index contributed by atoms with van der Waals surface area (Å²) in [6.07, 6.45) is 5.73. The summed E-state index contributed by atoms with van der Waals surface area (Å²) < 4.78 is 16.1. The molecule has 3 aromatic rings. The highest BCUT2D eigenvalue weighted by Crippen LogP contribution is 2.46. The molecule has 5 rings (SSSR count). The van der Waals surface area contributed by atoms with E-state index in [1.807, 2.05) is 13.0 Å². The van der Waals surface area contributed by atoms with Crippen LogP contribution in [0.5, 0.6) is 5.88 Å². The molecule has 1 amide bonds. The smallest absolute Gasteiger partial charge is 0.289 e. The van der Waals surface area contributed by atoms with Crippen LogP contribution in [0.1, 0.15) is 84.0 Å². The third-order valence-electron chi connectivity index (χ3n) is 7.54. The topological polar surface area (TPSA) is 112 Å². The number of carbonyl (C=O) groups excluding carboxylic acids is 1. The highest BCUT2D eigenvalue weighted by atomic mass is 35.5. The largest absolute Gasteiger partial charge is 0.494 e. The SMILES string of the molecule is CCCCc1nc(=O)c(C(=O)N2CCC(c3ncc(Cl)cc3F)C2)c(O)n1[C@H](c1cccc(C#N)c1)C1CC1. The molecule has 1 aromatic carbocycles. The fourth-order valence-electron chi connectivity index (χ4n) is 5.44. The molecule has 2 fully saturated rings.